The van der Waals surface area contributed by atoms with Crippen LogP contribution in [0.1, 0.15) is 20.8 Å². The van der Waals surface area contributed by atoms with Crippen LogP contribution in [0.3, 0.4) is 0 Å². The summed E-state index contributed by atoms with van der Waals surface area (Å²) in [6.07, 6.45) is 0. The van der Waals surface area contributed by atoms with Gasteiger partial charge >= 0.3 is 5.97 Å². The lowest BCUT2D eigenvalue weighted by atomic mass is 10.1. The summed E-state index contributed by atoms with van der Waals surface area (Å²) < 4.78 is 15.6. The van der Waals surface area contributed by atoms with Gasteiger partial charge in [0.1, 0.15) is 0 Å². The zero-order chi connectivity index (χ0) is 9.90. The standard InChI is InChI=1S/C9H16O4/c1-7(10)11-4-8-5-12-9(2,3)13-6-8/h8H,4-6H2,1-3H3. The molecule has 0 saturated carbocycles. The molecule has 0 radical (unpaired) electrons. The van der Waals surface area contributed by atoms with Gasteiger partial charge in [0.2, 0.25) is 0 Å². The molecule has 0 amide bonds. The molecule has 13 heavy (non-hydrogen) atoms. The molecule has 1 saturated heterocycles. The zero-order valence-corrected chi connectivity index (χ0v) is 8.33. The highest BCUT2D eigenvalue weighted by Crippen LogP contribution is 2.20. The summed E-state index contributed by atoms with van der Waals surface area (Å²) >= 11 is 0. The smallest absolute Gasteiger partial charge is 0.302 e. The van der Waals surface area contributed by atoms with Crippen molar-refractivity contribution in [2.45, 2.75) is 26.6 Å². The van der Waals surface area contributed by atoms with E-state index in [9.17, 15) is 4.79 Å². The van der Waals surface area contributed by atoms with Crippen LogP contribution in [0.2, 0.25) is 0 Å². The molecule has 1 aliphatic rings. The first-order chi connectivity index (χ1) is 5.99. The fourth-order valence-electron chi connectivity index (χ4n) is 1.06. The van der Waals surface area contributed by atoms with Crippen LogP contribution < -0.4 is 0 Å². The molecular formula is C9H16O4. The van der Waals surface area contributed by atoms with Gasteiger partial charge in [-0.3, -0.25) is 4.79 Å². The van der Waals surface area contributed by atoms with Crippen molar-refractivity contribution < 1.29 is 19.0 Å². The maximum Gasteiger partial charge on any atom is 0.302 e. The highest BCUT2D eigenvalue weighted by molar-refractivity contribution is 5.65. The Kier molecular flexibility index (Phi) is 3.27. The average Bonchev–Trinajstić information content (AvgIpc) is 2.02. The Labute approximate surface area is 78.2 Å². The minimum Gasteiger partial charge on any atom is -0.465 e. The van der Waals surface area contributed by atoms with Crippen molar-refractivity contribution >= 4 is 5.97 Å². The van der Waals surface area contributed by atoms with Crippen LogP contribution in [0, 0.1) is 5.92 Å². The van der Waals surface area contributed by atoms with Crippen molar-refractivity contribution in [1.82, 2.24) is 0 Å². The maximum atomic E-state index is 10.5. The van der Waals surface area contributed by atoms with Gasteiger partial charge in [-0.15, -0.1) is 0 Å². The normalized spacial score (nSPS) is 22.7. The summed E-state index contributed by atoms with van der Waals surface area (Å²) in [4.78, 5) is 10.5. The van der Waals surface area contributed by atoms with Gasteiger partial charge in [-0.25, -0.2) is 0 Å². The second-order valence-corrected chi connectivity index (χ2v) is 3.69. The largest absolute Gasteiger partial charge is 0.465 e. The summed E-state index contributed by atoms with van der Waals surface area (Å²) in [5, 5.41) is 0. The molecule has 76 valence electrons. The summed E-state index contributed by atoms with van der Waals surface area (Å²) in [5.74, 6) is -0.589. The van der Waals surface area contributed by atoms with Gasteiger partial charge in [-0.2, -0.15) is 0 Å². The molecule has 4 heteroatoms. The number of esters is 1. The average molecular weight is 188 g/mol. The second-order valence-electron chi connectivity index (χ2n) is 3.69. The van der Waals surface area contributed by atoms with E-state index in [1.807, 2.05) is 13.8 Å². The molecule has 0 aromatic heterocycles. The van der Waals surface area contributed by atoms with E-state index in [0.29, 0.717) is 19.8 Å². The maximum absolute atomic E-state index is 10.5. The molecule has 1 fully saturated rings. The van der Waals surface area contributed by atoms with Crippen LogP contribution in [-0.2, 0) is 19.0 Å². The van der Waals surface area contributed by atoms with Crippen LogP contribution in [0.5, 0.6) is 0 Å². The first kappa shape index (κ1) is 10.5. The Morgan fingerprint density at radius 2 is 2.00 bits per heavy atom. The summed E-state index contributed by atoms with van der Waals surface area (Å²) in [6, 6.07) is 0. The number of rotatable bonds is 2. The fourth-order valence-corrected chi connectivity index (χ4v) is 1.06. The van der Waals surface area contributed by atoms with Gasteiger partial charge in [0, 0.05) is 12.8 Å². The van der Waals surface area contributed by atoms with Crippen molar-refractivity contribution in [3.8, 4) is 0 Å². The predicted molar refractivity (Wildman–Crippen MR) is 46.1 cm³/mol. The Morgan fingerprint density at radius 1 is 1.46 bits per heavy atom. The van der Waals surface area contributed by atoms with Crippen molar-refractivity contribution in [2.24, 2.45) is 5.92 Å². The molecule has 0 aliphatic carbocycles. The van der Waals surface area contributed by atoms with E-state index >= 15 is 0 Å². The van der Waals surface area contributed by atoms with E-state index in [0.717, 1.165) is 0 Å². The fraction of sp³-hybridized carbons (Fsp3) is 0.889. The number of carbonyl (C=O) groups excluding carboxylic acids is 1. The summed E-state index contributed by atoms with van der Waals surface area (Å²) in [7, 11) is 0. The first-order valence-electron chi connectivity index (χ1n) is 4.41. The summed E-state index contributed by atoms with van der Waals surface area (Å²) in [5.41, 5.74) is 0. The molecule has 0 bridgehead atoms. The highest BCUT2D eigenvalue weighted by atomic mass is 16.7. The molecule has 0 aromatic rings. The molecule has 1 rings (SSSR count). The van der Waals surface area contributed by atoms with E-state index in [1.165, 1.54) is 6.92 Å². The lowest BCUT2D eigenvalue weighted by Crippen LogP contribution is -2.40. The number of hydrogen-bond donors (Lipinski definition) is 0. The van der Waals surface area contributed by atoms with Gasteiger partial charge in [-0.1, -0.05) is 0 Å². The van der Waals surface area contributed by atoms with E-state index < -0.39 is 5.79 Å². The van der Waals surface area contributed by atoms with Crippen molar-refractivity contribution in [2.75, 3.05) is 19.8 Å². The van der Waals surface area contributed by atoms with Crippen LogP contribution >= 0.6 is 0 Å². The first-order valence-corrected chi connectivity index (χ1v) is 4.41. The van der Waals surface area contributed by atoms with E-state index in [4.69, 9.17) is 14.2 Å². The molecule has 1 aliphatic heterocycles. The highest BCUT2D eigenvalue weighted by Gasteiger charge is 2.28. The third-order valence-corrected chi connectivity index (χ3v) is 1.86. The van der Waals surface area contributed by atoms with E-state index in [1.54, 1.807) is 0 Å². The Balaban J connectivity index is 2.21. The number of carbonyl (C=O) groups is 1. The quantitative estimate of drug-likeness (QED) is 0.605. The third-order valence-electron chi connectivity index (χ3n) is 1.86. The Morgan fingerprint density at radius 3 is 2.46 bits per heavy atom. The van der Waals surface area contributed by atoms with Gasteiger partial charge in [0.05, 0.1) is 19.8 Å². The molecule has 0 aromatic carbocycles. The van der Waals surface area contributed by atoms with Gasteiger partial charge in [0.25, 0.3) is 0 Å². The lowest BCUT2D eigenvalue weighted by Gasteiger charge is -2.34. The van der Waals surface area contributed by atoms with Crippen LogP contribution in [-0.4, -0.2) is 31.6 Å². The molecule has 0 spiro atoms. The third kappa shape index (κ3) is 3.74. The summed E-state index contributed by atoms with van der Waals surface area (Å²) in [6.45, 7) is 6.69. The van der Waals surface area contributed by atoms with Gasteiger partial charge in [0.15, 0.2) is 5.79 Å². The Hall–Kier alpha value is -0.610. The number of ether oxygens (including phenoxy) is 3. The van der Waals surface area contributed by atoms with Crippen molar-refractivity contribution in [1.29, 1.82) is 0 Å². The van der Waals surface area contributed by atoms with Crippen LogP contribution in [0.15, 0.2) is 0 Å². The molecule has 0 atom stereocenters. The van der Waals surface area contributed by atoms with Crippen LogP contribution in [0.4, 0.5) is 0 Å². The molecule has 1 heterocycles. The van der Waals surface area contributed by atoms with E-state index in [2.05, 4.69) is 0 Å². The topological polar surface area (TPSA) is 44.8 Å². The van der Waals surface area contributed by atoms with Gasteiger partial charge < -0.3 is 14.2 Å². The lowest BCUT2D eigenvalue weighted by molar-refractivity contribution is -0.265. The van der Waals surface area contributed by atoms with Gasteiger partial charge in [-0.05, 0) is 13.8 Å². The van der Waals surface area contributed by atoms with Crippen molar-refractivity contribution in [3.63, 3.8) is 0 Å². The van der Waals surface area contributed by atoms with Crippen LogP contribution in [0.25, 0.3) is 0 Å². The second kappa shape index (κ2) is 4.07. The molecule has 4 nitrogen and oxygen atoms in total. The molecular weight excluding hydrogens is 172 g/mol. The Bertz CT molecular complexity index is 178. The van der Waals surface area contributed by atoms with E-state index in [-0.39, 0.29) is 11.9 Å². The SMILES string of the molecule is CC(=O)OCC1COC(C)(C)OC1. The molecule has 0 unspecified atom stereocenters. The molecule has 0 N–H and O–H groups in total. The minimum atomic E-state index is -0.493. The van der Waals surface area contributed by atoms with Crippen molar-refractivity contribution in [3.05, 3.63) is 0 Å². The zero-order valence-electron chi connectivity index (χ0n) is 8.33. The number of hydrogen-bond acceptors (Lipinski definition) is 4. The monoisotopic (exact) mass is 188 g/mol. The minimum absolute atomic E-state index is 0.164. The predicted octanol–water partition coefficient (Wildman–Crippen LogP) is 0.949.